The Hall–Kier alpha value is -2.45. The third-order valence-corrected chi connectivity index (χ3v) is 8.23. The van der Waals surface area contributed by atoms with Gasteiger partial charge in [-0.05, 0) is 51.2 Å². The molecule has 8 nitrogen and oxygen atoms in total. The minimum Gasteiger partial charge on any atom is -0.339 e. The van der Waals surface area contributed by atoms with E-state index in [1.165, 1.54) is 6.42 Å². The maximum absolute atomic E-state index is 13.7. The lowest BCUT2D eigenvalue weighted by Gasteiger charge is -2.45. The number of piperidine rings is 1. The van der Waals surface area contributed by atoms with Crippen molar-refractivity contribution in [3.63, 3.8) is 0 Å². The van der Waals surface area contributed by atoms with E-state index in [-0.39, 0.29) is 17.7 Å². The molecular formula is C26H37N5O3. The summed E-state index contributed by atoms with van der Waals surface area (Å²) >= 11 is 0. The summed E-state index contributed by atoms with van der Waals surface area (Å²) < 4.78 is 0. The molecule has 4 aliphatic rings. The van der Waals surface area contributed by atoms with Crippen molar-refractivity contribution in [1.29, 1.82) is 0 Å². The summed E-state index contributed by atoms with van der Waals surface area (Å²) in [7, 11) is 0. The van der Waals surface area contributed by atoms with E-state index in [2.05, 4.69) is 22.0 Å². The van der Waals surface area contributed by atoms with Crippen LogP contribution in [-0.4, -0.2) is 89.8 Å². The number of carbonyl (C=O) groups excluding carboxylic acids is 3. The Kier molecular flexibility index (Phi) is 6.62. The topological polar surface area (TPSA) is 76.2 Å². The molecule has 1 atom stereocenters. The molecule has 1 spiro atoms. The predicted molar refractivity (Wildman–Crippen MR) is 132 cm³/mol. The van der Waals surface area contributed by atoms with Gasteiger partial charge < -0.3 is 10.2 Å². The molecular weight excluding hydrogens is 430 g/mol. The Balaban J connectivity index is 1.21. The molecule has 3 fully saturated rings. The Morgan fingerprint density at radius 1 is 0.912 bits per heavy atom. The molecule has 8 heteroatoms. The number of fused-ring (bicyclic) bond motifs is 1. The van der Waals surface area contributed by atoms with Gasteiger partial charge in [0.15, 0.2) is 0 Å². The maximum Gasteiger partial charge on any atom is 0.250 e. The second-order valence-electron chi connectivity index (χ2n) is 10.4. The molecule has 1 unspecified atom stereocenters. The SMILES string of the molecule is CC1CCCCN1C(=O)CN1CCN(CC(=O)N2c3ccccc3NC(=O)C23CCCC3)CC1. The summed E-state index contributed by atoms with van der Waals surface area (Å²) in [6, 6.07) is 7.97. The molecule has 5 rings (SSSR count). The highest BCUT2D eigenvalue weighted by atomic mass is 16.2. The Morgan fingerprint density at radius 2 is 1.56 bits per heavy atom. The molecule has 2 saturated heterocycles. The number of likely N-dealkylation sites (tertiary alicyclic amines) is 1. The first-order chi connectivity index (χ1) is 16.5. The molecule has 0 aromatic heterocycles. The van der Waals surface area contributed by atoms with Gasteiger partial charge in [0.2, 0.25) is 11.8 Å². The fourth-order valence-electron chi connectivity index (χ4n) is 6.25. The van der Waals surface area contributed by atoms with Crippen molar-refractivity contribution >= 4 is 29.1 Å². The van der Waals surface area contributed by atoms with E-state index in [4.69, 9.17) is 0 Å². The molecule has 1 aromatic rings. The lowest BCUT2D eigenvalue weighted by molar-refractivity contribution is -0.136. The number of nitrogens with one attached hydrogen (secondary N) is 1. The second-order valence-corrected chi connectivity index (χ2v) is 10.4. The lowest BCUT2D eigenvalue weighted by Crippen LogP contribution is -2.62. The first kappa shape index (κ1) is 23.3. The lowest BCUT2D eigenvalue weighted by atomic mass is 9.89. The van der Waals surface area contributed by atoms with Crippen LogP contribution in [0.3, 0.4) is 0 Å². The maximum atomic E-state index is 13.7. The van der Waals surface area contributed by atoms with Gasteiger partial charge >= 0.3 is 0 Å². The Morgan fingerprint density at radius 3 is 2.24 bits per heavy atom. The third kappa shape index (κ3) is 4.33. The van der Waals surface area contributed by atoms with Crippen LogP contribution in [0, 0.1) is 0 Å². The Bertz CT molecular complexity index is 936. The van der Waals surface area contributed by atoms with Gasteiger partial charge in [-0.25, -0.2) is 0 Å². The molecule has 0 bridgehead atoms. The summed E-state index contributed by atoms with van der Waals surface area (Å²) in [5, 5.41) is 3.05. The zero-order chi connectivity index (χ0) is 23.7. The summed E-state index contributed by atoms with van der Waals surface area (Å²) in [5.74, 6) is 0.180. The van der Waals surface area contributed by atoms with Crippen LogP contribution < -0.4 is 10.2 Å². The molecule has 0 radical (unpaired) electrons. The average molecular weight is 468 g/mol. The first-order valence-corrected chi connectivity index (χ1v) is 13.0. The van der Waals surface area contributed by atoms with Gasteiger partial charge in [0.1, 0.15) is 5.54 Å². The van der Waals surface area contributed by atoms with Crippen molar-refractivity contribution in [1.82, 2.24) is 14.7 Å². The number of rotatable bonds is 4. The van der Waals surface area contributed by atoms with Gasteiger partial charge in [0.25, 0.3) is 5.91 Å². The van der Waals surface area contributed by atoms with Crippen molar-refractivity contribution in [2.45, 2.75) is 63.5 Å². The normalized spacial score (nSPS) is 25.3. The highest BCUT2D eigenvalue weighted by Crippen LogP contribution is 2.45. The Labute approximate surface area is 202 Å². The van der Waals surface area contributed by atoms with Crippen molar-refractivity contribution in [2.75, 3.05) is 56.0 Å². The first-order valence-electron chi connectivity index (χ1n) is 13.0. The predicted octanol–water partition coefficient (Wildman–Crippen LogP) is 2.30. The fourth-order valence-corrected chi connectivity index (χ4v) is 6.25. The largest absolute Gasteiger partial charge is 0.339 e. The second kappa shape index (κ2) is 9.66. The van der Waals surface area contributed by atoms with Crippen LogP contribution >= 0.6 is 0 Å². The molecule has 34 heavy (non-hydrogen) atoms. The van der Waals surface area contributed by atoms with Crippen LogP contribution in [0.25, 0.3) is 0 Å². The fraction of sp³-hybridized carbons (Fsp3) is 0.654. The number of para-hydroxylation sites is 2. The van der Waals surface area contributed by atoms with Crippen LogP contribution in [0.4, 0.5) is 11.4 Å². The standard InChI is InChI=1S/C26H37N5O3/c1-20-8-4-7-13-30(20)23(32)18-28-14-16-29(17-15-28)19-24(33)31-22-10-3-2-9-21(22)27-25(34)26(31)11-5-6-12-26/h2-3,9-10,20H,4-8,11-19H2,1H3,(H,27,34). The molecule has 1 saturated carbocycles. The number of benzene rings is 1. The van der Waals surface area contributed by atoms with Crippen LogP contribution in [0.5, 0.6) is 0 Å². The minimum atomic E-state index is -0.759. The van der Waals surface area contributed by atoms with Crippen molar-refractivity contribution in [3.8, 4) is 0 Å². The third-order valence-electron chi connectivity index (χ3n) is 8.23. The number of amides is 3. The summed E-state index contributed by atoms with van der Waals surface area (Å²) in [4.78, 5) is 47.8. The van der Waals surface area contributed by atoms with Gasteiger partial charge in [0, 0.05) is 38.8 Å². The van der Waals surface area contributed by atoms with Crippen LogP contribution in [-0.2, 0) is 14.4 Å². The van der Waals surface area contributed by atoms with E-state index < -0.39 is 5.54 Å². The monoisotopic (exact) mass is 467 g/mol. The van der Waals surface area contributed by atoms with Gasteiger partial charge in [-0.3, -0.25) is 29.1 Å². The van der Waals surface area contributed by atoms with Crippen molar-refractivity contribution in [2.24, 2.45) is 0 Å². The molecule has 1 N–H and O–H groups in total. The highest BCUT2D eigenvalue weighted by molar-refractivity contribution is 6.15. The van der Waals surface area contributed by atoms with Gasteiger partial charge in [-0.15, -0.1) is 0 Å². The van der Waals surface area contributed by atoms with Crippen molar-refractivity contribution in [3.05, 3.63) is 24.3 Å². The van der Waals surface area contributed by atoms with Crippen LogP contribution in [0.1, 0.15) is 51.9 Å². The molecule has 1 aromatic carbocycles. The van der Waals surface area contributed by atoms with E-state index >= 15 is 0 Å². The minimum absolute atomic E-state index is 0.00383. The number of nitrogens with zero attached hydrogens (tertiary/aromatic N) is 4. The number of carbonyl (C=O) groups is 3. The van der Waals surface area contributed by atoms with E-state index in [1.54, 1.807) is 0 Å². The molecule has 1 aliphatic carbocycles. The zero-order valence-corrected chi connectivity index (χ0v) is 20.3. The van der Waals surface area contributed by atoms with E-state index in [9.17, 15) is 14.4 Å². The highest BCUT2D eigenvalue weighted by Gasteiger charge is 2.52. The molecule has 3 heterocycles. The summed E-state index contributed by atoms with van der Waals surface area (Å²) in [5.41, 5.74) is 0.771. The number of hydrogen-bond acceptors (Lipinski definition) is 5. The number of piperazine rings is 1. The molecule has 184 valence electrons. The molecule has 3 aliphatic heterocycles. The average Bonchev–Trinajstić information content (AvgIpc) is 3.32. The van der Waals surface area contributed by atoms with Crippen LogP contribution in [0.2, 0.25) is 0 Å². The van der Waals surface area contributed by atoms with Crippen molar-refractivity contribution < 1.29 is 14.4 Å². The quantitative estimate of drug-likeness (QED) is 0.736. The number of hydrogen-bond donors (Lipinski definition) is 1. The smallest absolute Gasteiger partial charge is 0.250 e. The zero-order valence-electron chi connectivity index (χ0n) is 20.3. The van der Waals surface area contributed by atoms with Gasteiger partial charge in [-0.2, -0.15) is 0 Å². The van der Waals surface area contributed by atoms with E-state index in [0.29, 0.717) is 37.7 Å². The van der Waals surface area contributed by atoms with Gasteiger partial charge in [-0.1, -0.05) is 25.0 Å². The van der Waals surface area contributed by atoms with E-state index in [1.807, 2.05) is 34.1 Å². The van der Waals surface area contributed by atoms with Crippen LogP contribution in [0.15, 0.2) is 24.3 Å². The number of anilines is 2. The van der Waals surface area contributed by atoms with E-state index in [0.717, 1.165) is 64.1 Å². The van der Waals surface area contributed by atoms with Gasteiger partial charge in [0.05, 0.1) is 24.5 Å². The summed E-state index contributed by atoms with van der Waals surface area (Å²) in [6.07, 6.45) is 6.75. The molecule has 3 amide bonds. The summed E-state index contributed by atoms with van der Waals surface area (Å²) in [6.45, 7) is 6.86.